The Morgan fingerprint density at radius 1 is 1.08 bits per heavy atom. The third-order valence-electron chi connectivity index (χ3n) is 3.32. The zero-order valence-electron chi connectivity index (χ0n) is 13.6. The van der Waals surface area contributed by atoms with Crippen LogP contribution in [0.5, 0.6) is 0 Å². The highest BCUT2D eigenvalue weighted by Crippen LogP contribution is 2.25. The number of halogens is 1. The van der Waals surface area contributed by atoms with Crippen LogP contribution in [-0.4, -0.2) is 42.9 Å². The summed E-state index contributed by atoms with van der Waals surface area (Å²) in [6.45, 7) is 0. The van der Waals surface area contributed by atoms with E-state index in [-0.39, 0.29) is 22.4 Å². The zero-order valence-corrected chi connectivity index (χ0v) is 16.0. The Morgan fingerprint density at radius 3 is 2.35 bits per heavy atom. The molecular weight excluding hydrogens is 428 g/mol. The molecule has 11 heteroatoms. The van der Waals surface area contributed by atoms with E-state index in [0.717, 1.165) is 4.31 Å². The first-order chi connectivity index (χ1) is 12.3. The van der Waals surface area contributed by atoms with Gasteiger partial charge in [-0.2, -0.15) is 0 Å². The topological polar surface area (TPSA) is 119 Å². The predicted octanol–water partition coefficient (Wildman–Crippen LogP) is 2.59. The van der Waals surface area contributed by atoms with Gasteiger partial charge in [-0.3, -0.25) is 10.1 Å². The van der Waals surface area contributed by atoms with Crippen molar-refractivity contribution in [3.63, 3.8) is 0 Å². The van der Waals surface area contributed by atoms with Gasteiger partial charge in [0.1, 0.15) is 0 Å². The normalized spacial score (nSPS) is 11.7. The van der Waals surface area contributed by atoms with Crippen LogP contribution in [0.1, 0.15) is 10.4 Å². The second-order valence-corrected chi connectivity index (χ2v) is 8.22. The lowest BCUT2D eigenvalue weighted by Crippen LogP contribution is -2.22. The predicted molar refractivity (Wildman–Crippen MR) is 95.0 cm³/mol. The summed E-state index contributed by atoms with van der Waals surface area (Å²) in [6, 6.07) is 8.68. The van der Waals surface area contributed by atoms with Gasteiger partial charge in [-0.1, -0.05) is 5.10 Å². The molecule has 0 unspecified atom stereocenters. The van der Waals surface area contributed by atoms with Gasteiger partial charge in [0.2, 0.25) is 10.0 Å². The second kappa shape index (κ2) is 7.02. The summed E-state index contributed by atoms with van der Waals surface area (Å²) in [5.74, 6) is -0.0591. The maximum Gasteiger partial charge on any atom is 0.322 e. The molecule has 1 amide bonds. The van der Waals surface area contributed by atoms with Crippen molar-refractivity contribution < 1.29 is 22.0 Å². The molecule has 0 radical (unpaired) electrons. The van der Waals surface area contributed by atoms with Crippen LogP contribution in [0.4, 0.5) is 6.01 Å². The van der Waals surface area contributed by atoms with E-state index in [1.54, 1.807) is 12.1 Å². The highest BCUT2D eigenvalue weighted by Gasteiger charge is 2.19. The van der Waals surface area contributed by atoms with Gasteiger partial charge >= 0.3 is 6.01 Å². The standard InChI is InChI=1S/C15H13BrN4O5S/c1-20(2)26(22,23)10-5-3-9(4-6-10)13(21)17-15-19-18-14(25-15)11-7-8-12(16)24-11/h3-8H,1-2H3,(H,17,19,21). The lowest BCUT2D eigenvalue weighted by atomic mass is 10.2. The fraction of sp³-hybridized carbons (Fsp3) is 0.133. The number of aromatic nitrogens is 2. The molecule has 0 atom stereocenters. The number of carbonyl (C=O) groups excluding carboxylic acids is 1. The summed E-state index contributed by atoms with van der Waals surface area (Å²) in [5.41, 5.74) is 0.239. The van der Waals surface area contributed by atoms with Gasteiger partial charge in [-0.25, -0.2) is 12.7 Å². The minimum atomic E-state index is -3.56. The summed E-state index contributed by atoms with van der Waals surface area (Å²) in [6.07, 6.45) is 0. The van der Waals surface area contributed by atoms with Crippen molar-refractivity contribution in [3.05, 3.63) is 46.6 Å². The van der Waals surface area contributed by atoms with E-state index in [0.29, 0.717) is 10.4 Å². The van der Waals surface area contributed by atoms with Gasteiger partial charge < -0.3 is 8.83 Å². The first-order valence-electron chi connectivity index (χ1n) is 7.20. The molecule has 3 aromatic rings. The Morgan fingerprint density at radius 2 is 1.77 bits per heavy atom. The molecule has 0 spiro atoms. The first kappa shape index (κ1) is 18.3. The zero-order chi connectivity index (χ0) is 18.9. The van der Waals surface area contributed by atoms with Crippen molar-refractivity contribution in [2.24, 2.45) is 0 Å². The van der Waals surface area contributed by atoms with Crippen molar-refractivity contribution in [2.45, 2.75) is 4.90 Å². The molecule has 26 heavy (non-hydrogen) atoms. The number of nitrogens with one attached hydrogen (secondary N) is 1. The van der Waals surface area contributed by atoms with Gasteiger partial charge in [-0.05, 0) is 52.3 Å². The molecule has 0 aliphatic carbocycles. The molecule has 1 aromatic carbocycles. The summed E-state index contributed by atoms with van der Waals surface area (Å²) in [5, 5.41) is 9.95. The second-order valence-electron chi connectivity index (χ2n) is 5.28. The van der Waals surface area contributed by atoms with Gasteiger partial charge in [-0.15, -0.1) is 5.10 Å². The summed E-state index contributed by atoms with van der Waals surface area (Å²) >= 11 is 3.16. The van der Waals surface area contributed by atoms with E-state index in [9.17, 15) is 13.2 Å². The van der Waals surface area contributed by atoms with E-state index < -0.39 is 15.9 Å². The number of hydrogen-bond acceptors (Lipinski definition) is 7. The average Bonchev–Trinajstić information content (AvgIpc) is 3.23. The van der Waals surface area contributed by atoms with Crippen LogP contribution < -0.4 is 5.32 Å². The third-order valence-corrected chi connectivity index (χ3v) is 5.58. The maximum absolute atomic E-state index is 12.2. The Balaban J connectivity index is 1.74. The molecule has 0 aliphatic rings. The lowest BCUT2D eigenvalue weighted by molar-refractivity contribution is 0.102. The number of hydrogen-bond donors (Lipinski definition) is 1. The first-order valence-corrected chi connectivity index (χ1v) is 9.44. The maximum atomic E-state index is 12.2. The van der Waals surface area contributed by atoms with Crippen LogP contribution >= 0.6 is 15.9 Å². The molecule has 0 bridgehead atoms. The van der Waals surface area contributed by atoms with E-state index in [1.807, 2.05) is 0 Å². The van der Waals surface area contributed by atoms with Crippen LogP contribution in [0, 0.1) is 0 Å². The van der Waals surface area contributed by atoms with E-state index in [1.165, 1.54) is 38.4 Å². The van der Waals surface area contributed by atoms with Crippen molar-refractivity contribution in [2.75, 3.05) is 19.4 Å². The number of carbonyl (C=O) groups is 1. The molecule has 136 valence electrons. The Labute approximate surface area is 157 Å². The van der Waals surface area contributed by atoms with E-state index in [2.05, 4.69) is 31.4 Å². The fourth-order valence-electron chi connectivity index (χ4n) is 1.96. The van der Waals surface area contributed by atoms with Crippen molar-refractivity contribution >= 4 is 37.9 Å². The van der Waals surface area contributed by atoms with Crippen molar-refractivity contribution in [3.8, 4) is 11.7 Å². The van der Waals surface area contributed by atoms with E-state index in [4.69, 9.17) is 8.83 Å². The molecule has 9 nitrogen and oxygen atoms in total. The molecule has 0 aliphatic heterocycles. The third kappa shape index (κ3) is 3.69. The minimum Gasteiger partial charge on any atom is -0.444 e. The average molecular weight is 441 g/mol. The number of benzene rings is 1. The quantitative estimate of drug-likeness (QED) is 0.647. The molecular formula is C15H13BrN4O5S. The van der Waals surface area contributed by atoms with Gasteiger partial charge in [0.15, 0.2) is 10.4 Å². The Hall–Kier alpha value is -2.50. The molecule has 3 rings (SSSR count). The lowest BCUT2D eigenvalue weighted by Gasteiger charge is -2.11. The van der Waals surface area contributed by atoms with E-state index >= 15 is 0 Å². The van der Waals surface area contributed by atoms with Crippen LogP contribution in [0.3, 0.4) is 0 Å². The van der Waals surface area contributed by atoms with Crippen LogP contribution in [-0.2, 0) is 10.0 Å². The number of anilines is 1. The molecule has 1 N–H and O–H groups in total. The Bertz CT molecular complexity index is 1040. The highest BCUT2D eigenvalue weighted by molar-refractivity contribution is 9.10. The molecule has 2 aromatic heterocycles. The Kier molecular flexibility index (Phi) is 4.94. The number of furan rings is 1. The van der Waals surface area contributed by atoms with Gasteiger partial charge in [0.05, 0.1) is 4.90 Å². The molecule has 0 saturated heterocycles. The molecule has 0 saturated carbocycles. The largest absolute Gasteiger partial charge is 0.444 e. The summed E-state index contributed by atoms with van der Waals surface area (Å²) in [7, 11) is -0.695. The summed E-state index contributed by atoms with van der Waals surface area (Å²) < 4.78 is 36.2. The smallest absolute Gasteiger partial charge is 0.322 e. The highest BCUT2D eigenvalue weighted by atomic mass is 79.9. The fourth-order valence-corrected chi connectivity index (χ4v) is 3.17. The monoisotopic (exact) mass is 440 g/mol. The SMILES string of the molecule is CN(C)S(=O)(=O)c1ccc(C(=O)Nc2nnc(-c3ccc(Br)o3)o2)cc1. The molecule has 0 fully saturated rings. The molecule has 2 heterocycles. The van der Waals surface area contributed by atoms with Crippen molar-refractivity contribution in [1.82, 2.24) is 14.5 Å². The van der Waals surface area contributed by atoms with Crippen molar-refractivity contribution in [1.29, 1.82) is 0 Å². The minimum absolute atomic E-state index is 0.0857. The van der Waals surface area contributed by atoms with Crippen LogP contribution in [0.15, 0.2) is 54.8 Å². The van der Waals surface area contributed by atoms with Gasteiger partial charge in [0, 0.05) is 19.7 Å². The van der Waals surface area contributed by atoms with Crippen LogP contribution in [0.2, 0.25) is 0 Å². The number of sulfonamides is 1. The van der Waals surface area contributed by atoms with Crippen LogP contribution in [0.25, 0.3) is 11.7 Å². The number of amides is 1. The number of rotatable bonds is 5. The van der Waals surface area contributed by atoms with Gasteiger partial charge in [0.25, 0.3) is 11.8 Å². The summed E-state index contributed by atoms with van der Waals surface area (Å²) in [4.78, 5) is 12.3. The number of nitrogens with zero attached hydrogens (tertiary/aromatic N) is 3.